The van der Waals surface area contributed by atoms with Crippen LogP contribution in [0, 0.1) is 11.6 Å². The maximum absolute atomic E-state index is 13.2. The molecule has 2 aromatic heterocycles. The first-order chi connectivity index (χ1) is 18.8. The number of ketones is 1. The molecule has 4 aromatic rings. The van der Waals surface area contributed by atoms with E-state index in [1.807, 2.05) is 6.92 Å². The number of hydrogen-bond donors (Lipinski definition) is 2. The van der Waals surface area contributed by atoms with Crippen LogP contribution in [0.1, 0.15) is 74.5 Å². The zero-order chi connectivity index (χ0) is 27.9. The molecule has 0 fully saturated rings. The number of anilines is 2. The minimum atomic E-state index is -0.631. The molecule has 5 rings (SSSR count). The van der Waals surface area contributed by atoms with Crippen LogP contribution in [0.15, 0.2) is 51.8 Å². The van der Waals surface area contributed by atoms with E-state index in [1.54, 1.807) is 24.4 Å². The first-order valence-corrected chi connectivity index (χ1v) is 13.3. The van der Waals surface area contributed by atoms with Crippen molar-refractivity contribution in [2.24, 2.45) is 0 Å². The normalized spacial score (nSPS) is 12.9. The van der Waals surface area contributed by atoms with E-state index in [4.69, 9.17) is 4.42 Å². The van der Waals surface area contributed by atoms with E-state index in [0.29, 0.717) is 40.8 Å². The molecule has 0 spiro atoms. The molecule has 0 radical (unpaired) electrons. The largest absolute Gasteiger partial charge is 0.417 e. The maximum atomic E-state index is 13.2. The van der Waals surface area contributed by atoms with Crippen LogP contribution in [0.5, 0.6) is 0 Å². The third-order valence-electron chi connectivity index (χ3n) is 6.76. The summed E-state index contributed by atoms with van der Waals surface area (Å²) in [4.78, 5) is 36.3. The van der Waals surface area contributed by atoms with E-state index >= 15 is 0 Å². The summed E-state index contributed by atoms with van der Waals surface area (Å²) in [5.74, 6) is -1.30. The molecular weight excluding hydrogens is 504 g/mol. The first-order valence-electron chi connectivity index (χ1n) is 13.3. The highest BCUT2D eigenvalue weighted by Crippen LogP contribution is 2.26. The fraction of sp³-hybridized carbons (Fsp3) is 0.379. The number of carbonyl (C=O) groups excluding carboxylic acids is 1. The number of fused-ring (bicyclic) bond motifs is 2. The second-order valence-corrected chi connectivity index (χ2v) is 9.58. The number of carbonyl (C=O) groups is 1. The number of Topliss-reactive ketones (excluding diaryl/α,β-unsaturated/α-hetero) is 1. The van der Waals surface area contributed by atoms with Crippen LogP contribution in [0.4, 0.5) is 20.4 Å². The Morgan fingerprint density at radius 1 is 1.10 bits per heavy atom. The van der Waals surface area contributed by atoms with Crippen LogP contribution in [-0.4, -0.2) is 31.7 Å². The van der Waals surface area contributed by atoms with Crippen LogP contribution < -0.4 is 11.1 Å². The van der Waals surface area contributed by atoms with Crippen molar-refractivity contribution in [3.63, 3.8) is 0 Å². The lowest BCUT2D eigenvalue weighted by molar-refractivity contribution is 0.0979. The minimum absolute atomic E-state index is 0.0904. The van der Waals surface area contributed by atoms with Gasteiger partial charge in [0, 0.05) is 54.6 Å². The number of oxazole rings is 1. The molecule has 1 aliphatic heterocycles. The Morgan fingerprint density at radius 2 is 1.85 bits per heavy atom. The molecule has 3 heterocycles. The van der Waals surface area contributed by atoms with Crippen LogP contribution in [-0.2, 0) is 13.1 Å². The number of H-pyrrole nitrogens is 1. The van der Waals surface area contributed by atoms with Gasteiger partial charge < -0.3 is 9.73 Å². The molecule has 0 saturated heterocycles. The molecular formula is C29H33F2N5O3. The Bertz CT molecular complexity index is 1480. The van der Waals surface area contributed by atoms with Crippen LogP contribution >= 0.6 is 0 Å². The predicted molar refractivity (Wildman–Crippen MR) is 146 cm³/mol. The van der Waals surface area contributed by atoms with E-state index in [0.717, 1.165) is 56.1 Å². The smallest absolute Gasteiger partial charge is 0.408 e. The zero-order valence-corrected chi connectivity index (χ0v) is 22.4. The Morgan fingerprint density at radius 3 is 2.54 bits per heavy atom. The van der Waals surface area contributed by atoms with Crippen LogP contribution in [0.3, 0.4) is 0 Å². The lowest BCUT2D eigenvalue weighted by Gasteiger charge is -2.24. The Balaban J connectivity index is 0.000000193. The average molecular weight is 538 g/mol. The van der Waals surface area contributed by atoms with Gasteiger partial charge in [-0.15, -0.1) is 0 Å². The number of aromatic amines is 1. The van der Waals surface area contributed by atoms with Gasteiger partial charge in [0.1, 0.15) is 11.6 Å². The highest BCUT2D eigenvalue weighted by molar-refractivity contribution is 5.98. The third-order valence-corrected chi connectivity index (χ3v) is 6.76. The second kappa shape index (κ2) is 12.8. The highest BCUT2D eigenvalue weighted by atomic mass is 19.1. The molecule has 1 aliphatic rings. The second-order valence-electron chi connectivity index (χ2n) is 9.58. The summed E-state index contributed by atoms with van der Waals surface area (Å²) in [5.41, 5.74) is 4.06. The molecule has 0 atom stereocenters. The van der Waals surface area contributed by atoms with Crippen LogP contribution in [0.25, 0.3) is 11.1 Å². The molecule has 206 valence electrons. The van der Waals surface area contributed by atoms with Gasteiger partial charge in [-0.3, -0.25) is 14.7 Å². The summed E-state index contributed by atoms with van der Waals surface area (Å²) in [6.45, 7) is 8.07. The van der Waals surface area contributed by atoms with E-state index in [2.05, 4.69) is 39.0 Å². The molecule has 0 bridgehead atoms. The van der Waals surface area contributed by atoms with Crippen molar-refractivity contribution in [3.8, 4) is 0 Å². The number of benzene rings is 2. The Hall–Kier alpha value is -3.92. The van der Waals surface area contributed by atoms with Gasteiger partial charge in [-0.25, -0.2) is 23.5 Å². The number of halogens is 2. The zero-order valence-electron chi connectivity index (χ0n) is 22.4. The molecule has 0 unspecified atom stereocenters. The Labute approximate surface area is 225 Å². The van der Waals surface area contributed by atoms with Gasteiger partial charge in [-0.1, -0.05) is 27.2 Å². The van der Waals surface area contributed by atoms with Gasteiger partial charge in [0.2, 0.25) is 5.95 Å². The lowest BCUT2D eigenvalue weighted by Crippen LogP contribution is -2.29. The van der Waals surface area contributed by atoms with E-state index < -0.39 is 17.4 Å². The Kier molecular flexibility index (Phi) is 9.19. The number of nitrogens with one attached hydrogen (secondary N) is 2. The molecule has 2 aromatic carbocycles. The maximum Gasteiger partial charge on any atom is 0.417 e. The molecule has 0 amide bonds. The van der Waals surface area contributed by atoms with Crippen molar-refractivity contribution >= 4 is 28.5 Å². The fourth-order valence-corrected chi connectivity index (χ4v) is 4.66. The molecule has 8 nitrogen and oxygen atoms in total. The SMILES string of the molecule is CCC(CC)N1Cc2cnc(Nc3cc(F)cc(F)c3)nc2C1.CCCCC(=O)c1ccc2[nH]c(=O)oc2c1. The summed E-state index contributed by atoms with van der Waals surface area (Å²) < 4.78 is 31.4. The summed E-state index contributed by atoms with van der Waals surface area (Å²) in [7, 11) is 0. The summed E-state index contributed by atoms with van der Waals surface area (Å²) in [6, 6.07) is 8.84. The number of nitrogens with zero attached hydrogens (tertiary/aromatic N) is 3. The molecule has 10 heteroatoms. The van der Waals surface area contributed by atoms with Gasteiger partial charge in [-0.2, -0.15) is 0 Å². The predicted octanol–water partition coefficient (Wildman–Crippen LogP) is 6.50. The van der Waals surface area contributed by atoms with Crippen molar-refractivity contribution in [1.29, 1.82) is 0 Å². The van der Waals surface area contributed by atoms with Crippen molar-refractivity contribution in [2.45, 2.75) is 72.0 Å². The summed E-state index contributed by atoms with van der Waals surface area (Å²) >= 11 is 0. The highest BCUT2D eigenvalue weighted by Gasteiger charge is 2.25. The van der Waals surface area contributed by atoms with Gasteiger partial charge in [0.05, 0.1) is 11.2 Å². The van der Waals surface area contributed by atoms with E-state index in [9.17, 15) is 18.4 Å². The lowest BCUT2D eigenvalue weighted by atomic mass is 10.1. The standard InChI is InChI=1S/C17H20F2N4.C12H13NO3/c1-3-15(4-2)23-9-11-8-20-17(22-16(11)10-23)21-14-6-12(18)5-13(19)7-14;1-2-3-4-10(14)8-5-6-9-11(7-8)16-12(15)13-9/h5-8,15H,3-4,9-10H2,1-2H3,(H,20,21,22);5-7H,2-4H2,1H3,(H,13,15). The van der Waals surface area contributed by atoms with Crippen molar-refractivity contribution in [2.75, 3.05) is 5.32 Å². The monoisotopic (exact) mass is 537 g/mol. The fourth-order valence-electron chi connectivity index (χ4n) is 4.66. The van der Waals surface area contributed by atoms with Crippen molar-refractivity contribution in [1.82, 2.24) is 19.9 Å². The summed E-state index contributed by atoms with van der Waals surface area (Å²) in [6.07, 6.45) is 6.41. The number of rotatable bonds is 9. The van der Waals surface area contributed by atoms with Gasteiger partial charge >= 0.3 is 5.76 Å². The first kappa shape index (κ1) is 28.1. The van der Waals surface area contributed by atoms with Crippen LogP contribution in [0.2, 0.25) is 0 Å². The van der Waals surface area contributed by atoms with Gasteiger partial charge in [-0.05, 0) is 49.6 Å². The quantitative estimate of drug-likeness (QED) is 0.235. The van der Waals surface area contributed by atoms with Crippen molar-refractivity contribution < 1.29 is 18.0 Å². The number of unbranched alkanes of at least 4 members (excludes halogenated alkanes) is 1. The van der Waals surface area contributed by atoms with E-state index in [1.165, 1.54) is 12.1 Å². The summed E-state index contributed by atoms with van der Waals surface area (Å²) in [5, 5.41) is 2.87. The number of hydrogen-bond acceptors (Lipinski definition) is 7. The average Bonchev–Trinajstić information content (AvgIpc) is 3.49. The molecule has 0 saturated carbocycles. The number of aromatic nitrogens is 3. The third kappa shape index (κ3) is 7.14. The van der Waals surface area contributed by atoms with Crippen molar-refractivity contribution in [3.05, 3.63) is 81.6 Å². The molecule has 0 aliphatic carbocycles. The van der Waals surface area contributed by atoms with Gasteiger partial charge in [0.15, 0.2) is 11.4 Å². The molecule has 39 heavy (non-hydrogen) atoms. The van der Waals surface area contributed by atoms with Gasteiger partial charge in [0.25, 0.3) is 0 Å². The topological polar surface area (TPSA) is 104 Å². The minimum Gasteiger partial charge on any atom is -0.408 e. The van der Waals surface area contributed by atoms with E-state index in [-0.39, 0.29) is 5.78 Å². The molecule has 2 N–H and O–H groups in total.